The molecule has 2 amide bonds. The summed E-state index contributed by atoms with van der Waals surface area (Å²) in [4.78, 5) is 35.8. The summed E-state index contributed by atoms with van der Waals surface area (Å²) in [6.07, 6.45) is 0. The lowest BCUT2D eigenvalue weighted by Gasteiger charge is -2.06. The molecule has 1 heterocycles. The van der Waals surface area contributed by atoms with Gasteiger partial charge in [-0.25, -0.2) is 4.79 Å². The molecule has 8 nitrogen and oxygen atoms in total. The van der Waals surface area contributed by atoms with Crippen molar-refractivity contribution in [1.82, 2.24) is 19.7 Å². The largest absolute Gasteiger partial charge is 0.368 e. The van der Waals surface area contributed by atoms with E-state index in [1.807, 2.05) is 6.07 Å². The smallest absolute Gasteiger partial charge is 0.351 e. The summed E-state index contributed by atoms with van der Waals surface area (Å²) in [5.74, 6) is -0.871. The lowest BCUT2D eigenvalue weighted by molar-refractivity contribution is -0.125. The van der Waals surface area contributed by atoms with E-state index in [1.165, 1.54) is 9.25 Å². The molecular weight excluding hydrogens is 370 g/mol. The van der Waals surface area contributed by atoms with Crippen LogP contribution in [0.2, 0.25) is 5.02 Å². The van der Waals surface area contributed by atoms with Crippen LogP contribution in [0.3, 0.4) is 0 Å². The number of halogens is 1. The normalized spacial score (nSPS) is 10.6. The van der Waals surface area contributed by atoms with E-state index in [1.54, 1.807) is 48.5 Å². The summed E-state index contributed by atoms with van der Waals surface area (Å²) in [5.41, 5.74) is 5.72. The molecule has 0 bridgehead atoms. The van der Waals surface area contributed by atoms with Gasteiger partial charge in [0.1, 0.15) is 6.54 Å². The van der Waals surface area contributed by atoms with E-state index in [0.29, 0.717) is 22.1 Å². The van der Waals surface area contributed by atoms with Crippen molar-refractivity contribution in [3.8, 4) is 17.1 Å². The fourth-order valence-electron chi connectivity index (χ4n) is 2.48. The first-order chi connectivity index (χ1) is 13.0. The van der Waals surface area contributed by atoms with Gasteiger partial charge in [0.25, 0.3) is 0 Å². The van der Waals surface area contributed by atoms with Crippen LogP contribution in [0.5, 0.6) is 0 Å². The van der Waals surface area contributed by atoms with Gasteiger partial charge < -0.3 is 11.1 Å². The lowest BCUT2D eigenvalue weighted by Crippen LogP contribution is -2.37. The fourth-order valence-corrected chi connectivity index (χ4v) is 2.60. The maximum Gasteiger partial charge on any atom is 0.351 e. The topological polar surface area (TPSA) is 112 Å². The Balaban J connectivity index is 2.04. The van der Waals surface area contributed by atoms with Gasteiger partial charge >= 0.3 is 5.69 Å². The third-order valence-electron chi connectivity index (χ3n) is 3.73. The van der Waals surface area contributed by atoms with Crippen LogP contribution in [0.15, 0.2) is 59.4 Å². The zero-order chi connectivity index (χ0) is 19.4. The van der Waals surface area contributed by atoms with Gasteiger partial charge in [-0.1, -0.05) is 41.9 Å². The van der Waals surface area contributed by atoms with Gasteiger partial charge in [-0.3, -0.25) is 14.2 Å². The van der Waals surface area contributed by atoms with Crippen molar-refractivity contribution < 1.29 is 9.59 Å². The molecule has 3 aromatic rings. The third-order valence-corrected chi connectivity index (χ3v) is 3.98. The monoisotopic (exact) mass is 385 g/mol. The fraction of sp³-hybridized carbons (Fsp3) is 0.111. The maximum absolute atomic E-state index is 12.9. The molecule has 0 aliphatic heterocycles. The number of hydrogen-bond acceptors (Lipinski definition) is 4. The highest BCUT2D eigenvalue weighted by Crippen LogP contribution is 2.17. The minimum atomic E-state index is -0.671. The molecule has 0 unspecified atom stereocenters. The molecule has 9 heteroatoms. The molecular formula is C18H16ClN5O3. The van der Waals surface area contributed by atoms with E-state index >= 15 is 0 Å². The van der Waals surface area contributed by atoms with Crippen molar-refractivity contribution in [3.05, 3.63) is 70.1 Å². The number of carbonyl (C=O) groups excluding carboxylic acids is 2. The number of primary amides is 1. The number of aromatic nitrogens is 3. The predicted molar refractivity (Wildman–Crippen MR) is 100 cm³/mol. The van der Waals surface area contributed by atoms with Crippen LogP contribution >= 0.6 is 11.6 Å². The highest BCUT2D eigenvalue weighted by Gasteiger charge is 2.18. The van der Waals surface area contributed by atoms with Crippen molar-refractivity contribution in [2.45, 2.75) is 6.54 Å². The Morgan fingerprint density at radius 2 is 1.74 bits per heavy atom. The Kier molecular flexibility index (Phi) is 5.37. The number of hydrogen-bond donors (Lipinski definition) is 2. The predicted octanol–water partition coefficient (Wildman–Crippen LogP) is 0.956. The van der Waals surface area contributed by atoms with Crippen molar-refractivity contribution >= 4 is 23.4 Å². The summed E-state index contributed by atoms with van der Waals surface area (Å²) in [6, 6.07) is 15.6. The minimum Gasteiger partial charge on any atom is -0.368 e. The van der Waals surface area contributed by atoms with Crippen molar-refractivity contribution in [2.75, 3.05) is 6.54 Å². The van der Waals surface area contributed by atoms with E-state index in [2.05, 4.69) is 10.4 Å². The Morgan fingerprint density at radius 1 is 1.07 bits per heavy atom. The van der Waals surface area contributed by atoms with Gasteiger partial charge in [0.05, 0.1) is 12.2 Å². The van der Waals surface area contributed by atoms with Gasteiger partial charge in [0.2, 0.25) is 11.8 Å². The number of rotatable bonds is 6. The molecule has 138 valence electrons. The zero-order valence-electron chi connectivity index (χ0n) is 14.1. The first kappa shape index (κ1) is 18.4. The summed E-state index contributed by atoms with van der Waals surface area (Å²) in [5, 5.41) is 7.27. The van der Waals surface area contributed by atoms with E-state index < -0.39 is 17.5 Å². The van der Waals surface area contributed by atoms with E-state index in [4.69, 9.17) is 17.3 Å². The molecule has 0 fully saturated rings. The molecule has 0 aliphatic carbocycles. The van der Waals surface area contributed by atoms with Gasteiger partial charge in [-0.2, -0.15) is 4.68 Å². The molecule has 0 saturated carbocycles. The van der Waals surface area contributed by atoms with Crippen LogP contribution in [-0.2, 0) is 16.1 Å². The van der Waals surface area contributed by atoms with Gasteiger partial charge in [-0.05, 0) is 24.3 Å². The van der Waals surface area contributed by atoms with E-state index in [-0.39, 0.29) is 13.1 Å². The number of benzene rings is 2. The summed E-state index contributed by atoms with van der Waals surface area (Å²) >= 11 is 5.90. The van der Waals surface area contributed by atoms with E-state index in [9.17, 15) is 14.4 Å². The van der Waals surface area contributed by atoms with Crippen LogP contribution < -0.4 is 16.7 Å². The van der Waals surface area contributed by atoms with Crippen molar-refractivity contribution in [1.29, 1.82) is 0 Å². The second-order valence-corrected chi connectivity index (χ2v) is 6.13. The molecule has 27 heavy (non-hydrogen) atoms. The lowest BCUT2D eigenvalue weighted by atomic mass is 10.2. The van der Waals surface area contributed by atoms with Crippen molar-refractivity contribution in [2.24, 2.45) is 5.73 Å². The molecule has 0 saturated heterocycles. The summed E-state index contributed by atoms with van der Waals surface area (Å²) < 4.78 is 2.43. The maximum atomic E-state index is 12.9. The summed E-state index contributed by atoms with van der Waals surface area (Å²) in [7, 11) is 0. The Hall–Kier alpha value is -3.39. The van der Waals surface area contributed by atoms with Crippen LogP contribution in [0.4, 0.5) is 0 Å². The molecule has 0 aliphatic rings. The van der Waals surface area contributed by atoms with Gasteiger partial charge in [0.15, 0.2) is 5.82 Å². The van der Waals surface area contributed by atoms with Crippen LogP contribution in [0, 0.1) is 0 Å². The Morgan fingerprint density at radius 3 is 2.37 bits per heavy atom. The number of amides is 2. The minimum absolute atomic E-state index is 0.302. The van der Waals surface area contributed by atoms with Gasteiger partial charge in [-0.15, -0.1) is 5.10 Å². The van der Waals surface area contributed by atoms with Crippen molar-refractivity contribution in [3.63, 3.8) is 0 Å². The third kappa shape index (κ3) is 4.24. The number of nitrogens with two attached hydrogens (primary N) is 1. The Bertz CT molecular complexity index is 1030. The first-order valence-corrected chi connectivity index (χ1v) is 8.39. The molecule has 0 spiro atoms. The number of carbonyl (C=O) groups is 2. The summed E-state index contributed by atoms with van der Waals surface area (Å²) in [6.45, 7) is -0.608. The molecule has 0 radical (unpaired) electrons. The molecule has 3 N–H and O–H groups in total. The highest BCUT2D eigenvalue weighted by atomic mass is 35.5. The zero-order valence-corrected chi connectivity index (χ0v) is 14.9. The second-order valence-electron chi connectivity index (χ2n) is 5.69. The van der Waals surface area contributed by atoms with Crippen LogP contribution in [0.25, 0.3) is 17.1 Å². The number of nitrogens with one attached hydrogen (secondary N) is 1. The molecule has 0 atom stereocenters. The second kappa shape index (κ2) is 7.88. The average molecular weight is 386 g/mol. The standard InChI is InChI=1S/C18H16ClN5O3/c19-13-6-8-14(9-7-13)24-18(27)23(11-16(26)21-10-15(20)25)17(22-24)12-4-2-1-3-5-12/h1-9H,10-11H2,(H2,20,25)(H,21,26). The van der Waals surface area contributed by atoms with Crippen LogP contribution in [-0.4, -0.2) is 32.7 Å². The average Bonchev–Trinajstić information content (AvgIpc) is 2.98. The quantitative estimate of drug-likeness (QED) is 0.658. The number of nitrogens with zero attached hydrogens (tertiary/aromatic N) is 3. The first-order valence-electron chi connectivity index (χ1n) is 8.02. The Labute approximate surface area is 159 Å². The molecule has 3 rings (SSSR count). The van der Waals surface area contributed by atoms with Gasteiger partial charge in [0, 0.05) is 10.6 Å². The van der Waals surface area contributed by atoms with E-state index in [0.717, 1.165) is 0 Å². The SMILES string of the molecule is NC(=O)CNC(=O)Cn1c(-c2ccccc2)nn(-c2ccc(Cl)cc2)c1=O. The molecule has 2 aromatic carbocycles. The molecule has 1 aromatic heterocycles. The van der Waals surface area contributed by atoms with Crippen LogP contribution in [0.1, 0.15) is 0 Å². The highest BCUT2D eigenvalue weighted by molar-refractivity contribution is 6.30.